The summed E-state index contributed by atoms with van der Waals surface area (Å²) in [7, 11) is 0. The molecule has 0 aromatic carbocycles. The van der Waals surface area contributed by atoms with Crippen LogP contribution in [0.1, 0.15) is 79.1 Å². The normalized spacial score (nSPS) is 12.4. The van der Waals surface area contributed by atoms with E-state index in [1.54, 1.807) is 0 Å². The van der Waals surface area contributed by atoms with E-state index in [2.05, 4.69) is 13.8 Å². The zero-order valence-electron chi connectivity index (χ0n) is 14.2. The predicted molar refractivity (Wildman–Crippen MR) is 76.6 cm³/mol. The zero-order chi connectivity index (χ0) is 16.0. The summed E-state index contributed by atoms with van der Waals surface area (Å²) in [6.45, 7) is 7.89. The maximum absolute atomic E-state index is 10.3. The third-order valence-electron chi connectivity index (χ3n) is 3.46. The molecular formula is C16H30O4Zn-2. The Kier molecular flexibility index (Phi) is 21.4. The largest absolute Gasteiger partial charge is 0.550 e. The minimum absolute atomic E-state index is 0. The Morgan fingerprint density at radius 3 is 1.19 bits per heavy atom. The quantitative estimate of drug-likeness (QED) is 0.563. The Balaban J connectivity index is -0.000000295. The molecule has 0 aromatic heterocycles. The summed E-state index contributed by atoms with van der Waals surface area (Å²) in [6.07, 6.45) is 7.04. The molecule has 0 radical (unpaired) electrons. The zero-order valence-corrected chi connectivity index (χ0v) is 17.1. The van der Waals surface area contributed by atoms with Crippen LogP contribution >= 0.6 is 0 Å². The van der Waals surface area contributed by atoms with Gasteiger partial charge in [0.2, 0.25) is 0 Å². The third kappa shape index (κ3) is 15.8. The van der Waals surface area contributed by atoms with Crippen LogP contribution in [0.5, 0.6) is 0 Å². The summed E-state index contributed by atoms with van der Waals surface area (Å²) in [6, 6.07) is 0. The van der Waals surface area contributed by atoms with Gasteiger partial charge in [0.05, 0.1) is 0 Å². The molecule has 0 spiro atoms. The van der Waals surface area contributed by atoms with Crippen LogP contribution in [0.3, 0.4) is 0 Å². The van der Waals surface area contributed by atoms with E-state index in [1.165, 1.54) is 0 Å². The number of carbonyl (C=O) groups excluding carboxylic acids is 2. The van der Waals surface area contributed by atoms with Crippen molar-refractivity contribution in [3.8, 4) is 0 Å². The van der Waals surface area contributed by atoms with Gasteiger partial charge in [-0.25, -0.2) is 0 Å². The number of aliphatic carboxylic acids is 2. The molecule has 122 valence electrons. The maximum atomic E-state index is 10.3. The van der Waals surface area contributed by atoms with Gasteiger partial charge in [0, 0.05) is 31.4 Å². The molecule has 0 rings (SSSR count). The van der Waals surface area contributed by atoms with Crippen molar-refractivity contribution in [2.75, 3.05) is 0 Å². The Morgan fingerprint density at radius 2 is 1.05 bits per heavy atom. The van der Waals surface area contributed by atoms with Crippen molar-refractivity contribution in [3.05, 3.63) is 0 Å². The molecule has 21 heavy (non-hydrogen) atoms. The van der Waals surface area contributed by atoms with Gasteiger partial charge in [-0.1, -0.05) is 53.4 Å². The molecule has 0 N–H and O–H groups in total. The molecule has 0 bridgehead atoms. The van der Waals surface area contributed by atoms with Crippen molar-refractivity contribution in [2.24, 2.45) is 11.8 Å². The van der Waals surface area contributed by atoms with Crippen molar-refractivity contribution >= 4 is 11.9 Å². The molecule has 2 atom stereocenters. The number of carboxylic acids is 2. The number of rotatable bonds is 10. The standard InChI is InChI=1S/2C8H16O2.Zn/c2*1-3-5-6-7(4-2)8(9)10;/h2*7H,3-6H2,1-2H3,(H,9,10);/p-2. The van der Waals surface area contributed by atoms with Crippen LogP contribution in [-0.4, -0.2) is 11.9 Å². The number of hydrogen-bond donors (Lipinski definition) is 0. The van der Waals surface area contributed by atoms with Gasteiger partial charge < -0.3 is 19.8 Å². The molecule has 0 saturated carbocycles. The fraction of sp³-hybridized carbons (Fsp3) is 0.875. The van der Waals surface area contributed by atoms with Gasteiger partial charge in [0.25, 0.3) is 0 Å². The fourth-order valence-electron chi connectivity index (χ4n) is 1.88. The average molecular weight is 352 g/mol. The number of carbonyl (C=O) groups is 2. The van der Waals surface area contributed by atoms with E-state index < -0.39 is 11.9 Å². The van der Waals surface area contributed by atoms with Crippen LogP contribution in [0.15, 0.2) is 0 Å². The third-order valence-corrected chi connectivity index (χ3v) is 3.46. The molecule has 0 aliphatic heterocycles. The van der Waals surface area contributed by atoms with Gasteiger partial charge in [0.15, 0.2) is 0 Å². The molecule has 0 amide bonds. The van der Waals surface area contributed by atoms with E-state index in [0.717, 1.165) is 38.5 Å². The van der Waals surface area contributed by atoms with Crippen LogP contribution in [0, 0.1) is 11.8 Å². The summed E-state index contributed by atoms with van der Waals surface area (Å²) in [5.41, 5.74) is 0. The monoisotopic (exact) mass is 350 g/mol. The van der Waals surface area contributed by atoms with Gasteiger partial charge in [-0.3, -0.25) is 0 Å². The molecule has 0 aliphatic carbocycles. The molecule has 0 fully saturated rings. The summed E-state index contributed by atoms with van der Waals surface area (Å²) in [5.74, 6) is -2.23. The van der Waals surface area contributed by atoms with Crippen LogP contribution in [0.2, 0.25) is 0 Å². The Morgan fingerprint density at radius 1 is 0.762 bits per heavy atom. The van der Waals surface area contributed by atoms with Gasteiger partial charge in [-0.2, -0.15) is 0 Å². The van der Waals surface area contributed by atoms with Gasteiger partial charge in [-0.05, 0) is 37.5 Å². The topological polar surface area (TPSA) is 80.3 Å². The van der Waals surface area contributed by atoms with Crippen molar-refractivity contribution in [2.45, 2.75) is 79.1 Å². The summed E-state index contributed by atoms with van der Waals surface area (Å²) in [4.78, 5) is 20.7. The van der Waals surface area contributed by atoms with Gasteiger partial charge in [-0.15, -0.1) is 0 Å². The van der Waals surface area contributed by atoms with E-state index in [1.807, 2.05) is 13.8 Å². The van der Waals surface area contributed by atoms with Crippen LogP contribution in [-0.2, 0) is 29.1 Å². The number of hydrogen-bond acceptors (Lipinski definition) is 4. The summed E-state index contributed by atoms with van der Waals surface area (Å²) >= 11 is 0. The Bertz CT molecular complexity index is 231. The maximum Gasteiger partial charge on any atom is 0.0445 e. The Labute approximate surface area is 142 Å². The second-order valence-corrected chi connectivity index (χ2v) is 5.13. The molecule has 0 saturated heterocycles. The molecule has 0 aliphatic rings. The number of unbranched alkanes of at least 4 members (excludes halogenated alkanes) is 2. The van der Waals surface area contributed by atoms with Crippen molar-refractivity contribution < 1.29 is 39.3 Å². The minimum Gasteiger partial charge on any atom is -0.550 e. The first-order valence-electron chi connectivity index (χ1n) is 7.86. The second kappa shape index (κ2) is 17.6. The molecule has 4 nitrogen and oxygen atoms in total. The van der Waals surface area contributed by atoms with Crippen molar-refractivity contribution in [1.29, 1.82) is 0 Å². The van der Waals surface area contributed by atoms with Gasteiger partial charge >= 0.3 is 0 Å². The molecular weight excluding hydrogens is 322 g/mol. The Hall–Kier alpha value is -0.437. The smallest absolute Gasteiger partial charge is 0.0445 e. The molecule has 0 aromatic rings. The molecule has 0 heterocycles. The average Bonchev–Trinajstić information content (AvgIpc) is 2.40. The fourth-order valence-corrected chi connectivity index (χ4v) is 1.88. The van der Waals surface area contributed by atoms with Crippen LogP contribution in [0.4, 0.5) is 0 Å². The second-order valence-electron chi connectivity index (χ2n) is 5.13. The first-order chi connectivity index (χ1) is 9.44. The van der Waals surface area contributed by atoms with Crippen LogP contribution < -0.4 is 10.2 Å². The van der Waals surface area contributed by atoms with Crippen molar-refractivity contribution in [3.63, 3.8) is 0 Å². The molecule has 5 heteroatoms. The summed E-state index contributed by atoms with van der Waals surface area (Å²) < 4.78 is 0. The first-order valence-corrected chi connectivity index (χ1v) is 7.86. The van der Waals surface area contributed by atoms with E-state index in [9.17, 15) is 19.8 Å². The van der Waals surface area contributed by atoms with Gasteiger partial charge in [0.1, 0.15) is 0 Å². The molecule has 2 unspecified atom stereocenters. The van der Waals surface area contributed by atoms with E-state index >= 15 is 0 Å². The van der Waals surface area contributed by atoms with E-state index in [4.69, 9.17) is 0 Å². The van der Waals surface area contributed by atoms with E-state index in [0.29, 0.717) is 12.8 Å². The van der Waals surface area contributed by atoms with Crippen molar-refractivity contribution in [1.82, 2.24) is 0 Å². The van der Waals surface area contributed by atoms with E-state index in [-0.39, 0.29) is 31.3 Å². The SMILES string of the molecule is CCCCC(CC)C(=O)[O-].CCCCC(CC)C(=O)[O-].[Zn]. The number of carboxylic acid groups (broad SMARTS) is 2. The first kappa shape index (κ1) is 25.5. The minimum atomic E-state index is -0.893. The predicted octanol–water partition coefficient (Wildman–Crippen LogP) is 1.90. The summed E-state index contributed by atoms with van der Waals surface area (Å²) in [5, 5.41) is 20.7. The van der Waals surface area contributed by atoms with Crippen LogP contribution in [0.25, 0.3) is 0 Å².